The van der Waals surface area contributed by atoms with E-state index in [1.165, 1.54) is 0 Å². The van der Waals surface area contributed by atoms with Gasteiger partial charge in [-0.05, 0) is 63.4 Å². The number of hydrogen-bond acceptors (Lipinski definition) is 2. The van der Waals surface area contributed by atoms with Gasteiger partial charge in [0.05, 0.1) is 3.57 Å². The van der Waals surface area contributed by atoms with E-state index in [1.54, 1.807) is 0 Å². The second kappa shape index (κ2) is 4.73. The van der Waals surface area contributed by atoms with E-state index < -0.39 is 0 Å². The summed E-state index contributed by atoms with van der Waals surface area (Å²) < 4.78 is 7.95. The molecule has 1 heterocycles. The Hall–Kier alpha value is -0.760. The van der Waals surface area contributed by atoms with Gasteiger partial charge < -0.3 is 9.52 Å². The first kappa shape index (κ1) is 12.3. The normalized spacial score (nSPS) is 13.8. The summed E-state index contributed by atoms with van der Waals surface area (Å²) in [5.74, 6) is 0.693. The zero-order valence-corrected chi connectivity index (χ0v) is 13.5. The van der Waals surface area contributed by atoms with Crippen molar-refractivity contribution in [2.24, 2.45) is 0 Å². The Labute approximate surface area is 131 Å². The van der Waals surface area contributed by atoms with Crippen LogP contribution in [0.5, 0.6) is 0 Å². The van der Waals surface area contributed by atoms with Crippen molar-refractivity contribution in [3.8, 4) is 0 Å². The summed E-state index contributed by atoms with van der Waals surface area (Å²) in [5.41, 5.74) is 1.60. The van der Waals surface area contributed by atoms with Crippen molar-refractivity contribution in [2.45, 2.75) is 0 Å². The van der Waals surface area contributed by atoms with Gasteiger partial charge in [-0.25, -0.2) is 0 Å². The molecule has 3 rings (SSSR count). The highest BCUT2D eigenvalue weighted by Crippen LogP contribution is 2.31. The Morgan fingerprint density at radius 3 is 2.50 bits per heavy atom. The maximum atomic E-state index is 10.2. The maximum Gasteiger partial charge on any atom is 0.170 e. The third-order valence-corrected chi connectivity index (χ3v) is 4.13. The van der Waals surface area contributed by atoms with Gasteiger partial charge in [-0.2, -0.15) is 0 Å². The Morgan fingerprint density at radius 1 is 1.06 bits per heavy atom. The van der Waals surface area contributed by atoms with Gasteiger partial charge in [0.2, 0.25) is 0 Å². The Balaban J connectivity index is 2.20. The summed E-state index contributed by atoms with van der Waals surface area (Å²) in [5, 5.41) is 11.2. The zero-order valence-electron chi connectivity index (χ0n) is 9.15. The minimum Gasteiger partial charge on any atom is -0.504 e. The molecule has 0 fully saturated rings. The van der Waals surface area contributed by atoms with Crippen LogP contribution in [0.2, 0.25) is 0 Å². The molecule has 1 aliphatic carbocycles. The van der Waals surface area contributed by atoms with Crippen LogP contribution in [0, 0.1) is 7.14 Å². The number of benzene rings is 1. The number of allylic oxidation sites excluding steroid dienone is 5. The molecular weight excluding hydrogens is 454 g/mol. The molecule has 0 bridgehead atoms. The molecule has 1 aromatic carbocycles. The molecule has 0 radical (unpaired) electrons. The third kappa shape index (κ3) is 2.11. The second-order valence-corrected chi connectivity index (χ2v) is 6.35. The number of fused-ring (bicyclic) bond motifs is 1. The van der Waals surface area contributed by atoms with E-state index in [0.29, 0.717) is 5.76 Å². The maximum absolute atomic E-state index is 10.2. The Kier molecular flexibility index (Phi) is 3.23. The molecule has 2 aromatic rings. The summed E-state index contributed by atoms with van der Waals surface area (Å²) in [6.45, 7) is 0. The number of aliphatic hydroxyl groups is 1. The molecule has 0 saturated heterocycles. The minimum absolute atomic E-state index is 0.182. The van der Waals surface area contributed by atoms with Crippen LogP contribution >= 0.6 is 45.2 Å². The van der Waals surface area contributed by atoms with Crippen LogP contribution in [0.1, 0.15) is 5.76 Å². The number of halogens is 2. The van der Waals surface area contributed by atoms with Crippen molar-refractivity contribution in [3.63, 3.8) is 0 Å². The molecule has 0 unspecified atom stereocenters. The van der Waals surface area contributed by atoms with Gasteiger partial charge in [0.1, 0.15) is 5.58 Å². The molecule has 2 nitrogen and oxygen atoms in total. The van der Waals surface area contributed by atoms with E-state index in [9.17, 15) is 5.11 Å². The highest BCUT2D eigenvalue weighted by molar-refractivity contribution is 14.1. The van der Waals surface area contributed by atoms with E-state index in [0.717, 1.165) is 23.7 Å². The van der Waals surface area contributed by atoms with Gasteiger partial charge in [-0.1, -0.05) is 24.3 Å². The van der Waals surface area contributed by atoms with Gasteiger partial charge in [0, 0.05) is 14.5 Å². The van der Waals surface area contributed by atoms with Crippen LogP contribution in [0.25, 0.3) is 16.7 Å². The van der Waals surface area contributed by atoms with Gasteiger partial charge in [0.15, 0.2) is 11.5 Å². The summed E-state index contributed by atoms with van der Waals surface area (Å²) in [4.78, 5) is 0. The topological polar surface area (TPSA) is 33.4 Å². The molecule has 0 atom stereocenters. The Morgan fingerprint density at radius 2 is 1.78 bits per heavy atom. The van der Waals surface area contributed by atoms with Crippen molar-refractivity contribution in [1.82, 2.24) is 0 Å². The summed E-state index contributed by atoms with van der Waals surface area (Å²) in [6, 6.07) is 5.97. The largest absolute Gasteiger partial charge is 0.504 e. The van der Waals surface area contributed by atoms with Gasteiger partial charge >= 0.3 is 0 Å². The van der Waals surface area contributed by atoms with Crippen molar-refractivity contribution >= 4 is 61.9 Å². The number of rotatable bonds is 1. The van der Waals surface area contributed by atoms with Crippen LogP contribution in [-0.2, 0) is 0 Å². The molecule has 18 heavy (non-hydrogen) atoms. The highest BCUT2D eigenvalue weighted by Gasteiger charge is 2.13. The van der Waals surface area contributed by atoms with Crippen molar-refractivity contribution in [3.05, 3.63) is 61.0 Å². The van der Waals surface area contributed by atoms with Gasteiger partial charge in [-0.15, -0.1) is 0 Å². The Bertz CT molecular complexity index is 707. The van der Waals surface area contributed by atoms with Gasteiger partial charge in [0.25, 0.3) is 0 Å². The second-order valence-electron chi connectivity index (χ2n) is 3.94. The fourth-order valence-corrected chi connectivity index (χ4v) is 3.87. The first-order chi connectivity index (χ1) is 8.65. The molecule has 1 aliphatic rings. The van der Waals surface area contributed by atoms with E-state index in [-0.39, 0.29) is 5.76 Å². The molecule has 90 valence electrons. The zero-order chi connectivity index (χ0) is 12.7. The SMILES string of the molecule is OC(=C1C=CC=C1)c1cc2cc(I)cc(I)c2o1. The van der Waals surface area contributed by atoms with E-state index in [4.69, 9.17) is 4.42 Å². The smallest absolute Gasteiger partial charge is 0.170 e. The van der Waals surface area contributed by atoms with Gasteiger partial charge in [-0.3, -0.25) is 0 Å². The average Bonchev–Trinajstić information content (AvgIpc) is 2.96. The lowest BCUT2D eigenvalue weighted by Crippen LogP contribution is -1.82. The fraction of sp³-hybridized carbons (Fsp3) is 0. The molecule has 0 aliphatic heterocycles. The molecule has 0 amide bonds. The fourth-order valence-electron chi connectivity index (χ4n) is 1.87. The molecule has 1 aromatic heterocycles. The lowest BCUT2D eigenvalue weighted by Gasteiger charge is -1.97. The van der Waals surface area contributed by atoms with Crippen LogP contribution in [-0.4, -0.2) is 5.11 Å². The molecule has 0 spiro atoms. The monoisotopic (exact) mass is 462 g/mol. The first-order valence-electron chi connectivity index (χ1n) is 5.32. The minimum atomic E-state index is 0.182. The summed E-state index contributed by atoms with van der Waals surface area (Å²) in [7, 11) is 0. The predicted molar refractivity (Wildman–Crippen MR) is 89.5 cm³/mol. The summed E-state index contributed by atoms with van der Waals surface area (Å²) >= 11 is 4.52. The number of hydrogen-bond donors (Lipinski definition) is 1. The van der Waals surface area contributed by atoms with Crippen LogP contribution in [0.3, 0.4) is 0 Å². The lowest BCUT2D eigenvalue weighted by atomic mass is 10.2. The number of furan rings is 1. The molecular formula is C14H8I2O2. The van der Waals surface area contributed by atoms with Crippen molar-refractivity contribution in [1.29, 1.82) is 0 Å². The van der Waals surface area contributed by atoms with Crippen molar-refractivity contribution in [2.75, 3.05) is 0 Å². The predicted octanol–water partition coefficient (Wildman–Crippen LogP) is 5.04. The highest BCUT2D eigenvalue weighted by atomic mass is 127. The van der Waals surface area contributed by atoms with E-state index >= 15 is 0 Å². The summed E-state index contributed by atoms with van der Waals surface area (Å²) in [6.07, 6.45) is 7.50. The first-order valence-corrected chi connectivity index (χ1v) is 7.48. The number of aliphatic hydroxyl groups excluding tert-OH is 1. The molecule has 1 N–H and O–H groups in total. The van der Waals surface area contributed by atoms with Crippen LogP contribution < -0.4 is 0 Å². The third-order valence-electron chi connectivity index (χ3n) is 2.71. The average molecular weight is 462 g/mol. The quantitative estimate of drug-likeness (QED) is 0.477. The van der Waals surface area contributed by atoms with E-state index in [2.05, 4.69) is 51.2 Å². The molecule has 0 saturated carbocycles. The molecule has 4 heteroatoms. The van der Waals surface area contributed by atoms with Crippen LogP contribution in [0.15, 0.2) is 52.5 Å². The lowest BCUT2D eigenvalue weighted by molar-refractivity contribution is 0.469. The standard InChI is InChI=1S/C14H8I2O2/c15-10-5-9-6-12(18-14(9)11(16)7-10)13(17)8-3-1-2-4-8/h1-7,17H. The van der Waals surface area contributed by atoms with Crippen LogP contribution in [0.4, 0.5) is 0 Å². The van der Waals surface area contributed by atoms with Crippen molar-refractivity contribution < 1.29 is 9.52 Å². The van der Waals surface area contributed by atoms with E-state index in [1.807, 2.05) is 36.4 Å².